The summed E-state index contributed by atoms with van der Waals surface area (Å²) in [6.45, 7) is 1.20. The molecule has 0 saturated carbocycles. The second-order valence-electron chi connectivity index (χ2n) is 3.20. The molecule has 0 amide bonds. The Morgan fingerprint density at radius 2 is 1.87 bits per heavy atom. The fourth-order valence-electron chi connectivity index (χ4n) is 1.27. The third-order valence-corrected chi connectivity index (χ3v) is 3.08. The normalized spacial score (nSPS) is 10.2. The first kappa shape index (κ1) is 10.2. The largest absolute Gasteiger partial charge is 0.479 e. The van der Waals surface area contributed by atoms with E-state index in [0.29, 0.717) is 13.2 Å². The van der Waals surface area contributed by atoms with Crippen LogP contribution >= 0.6 is 11.3 Å². The molecule has 0 aliphatic carbocycles. The molecule has 1 aromatic carbocycles. The molecule has 2 nitrogen and oxygen atoms in total. The minimum absolute atomic E-state index is 0.583. The van der Waals surface area contributed by atoms with E-state index in [2.05, 4.69) is 12.1 Å². The highest BCUT2D eigenvalue weighted by atomic mass is 32.1. The minimum atomic E-state index is 0.583. The molecule has 0 radical (unpaired) electrons. The van der Waals surface area contributed by atoms with Crippen LogP contribution in [0.15, 0.2) is 42.5 Å². The zero-order valence-corrected chi connectivity index (χ0v) is 9.17. The lowest BCUT2D eigenvalue weighted by Crippen LogP contribution is -1.93. The van der Waals surface area contributed by atoms with Crippen LogP contribution in [-0.4, -0.2) is 0 Å². The van der Waals surface area contributed by atoms with Gasteiger partial charge in [0, 0.05) is 11.4 Å². The van der Waals surface area contributed by atoms with E-state index in [-0.39, 0.29) is 0 Å². The van der Waals surface area contributed by atoms with Crippen LogP contribution in [0.5, 0.6) is 5.06 Å². The van der Waals surface area contributed by atoms with Gasteiger partial charge in [0.05, 0.1) is 0 Å². The van der Waals surface area contributed by atoms with E-state index in [1.165, 1.54) is 5.56 Å². The van der Waals surface area contributed by atoms with E-state index in [0.717, 1.165) is 9.94 Å². The van der Waals surface area contributed by atoms with Gasteiger partial charge in [-0.3, -0.25) is 0 Å². The third kappa shape index (κ3) is 2.81. The first-order valence-electron chi connectivity index (χ1n) is 4.84. The lowest BCUT2D eigenvalue weighted by atomic mass is 10.2. The van der Waals surface area contributed by atoms with Crippen molar-refractivity contribution in [3.05, 3.63) is 52.9 Å². The number of benzene rings is 1. The summed E-state index contributed by atoms with van der Waals surface area (Å²) in [4.78, 5) is 1.15. The number of nitrogens with two attached hydrogens (primary N) is 1. The maximum absolute atomic E-state index is 5.64. The van der Waals surface area contributed by atoms with Crippen molar-refractivity contribution in [2.24, 2.45) is 5.73 Å². The van der Waals surface area contributed by atoms with Crippen LogP contribution in [0.3, 0.4) is 0 Å². The molecule has 3 heteroatoms. The molecule has 0 unspecified atom stereocenters. The van der Waals surface area contributed by atoms with Gasteiger partial charge in [0.2, 0.25) is 0 Å². The van der Waals surface area contributed by atoms with E-state index in [1.807, 2.05) is 30.3 Å². The summed E-state index contributed by atoms with van der Waals surface area (Å²) in [6.07, 6.45) is 0. The SMILES string of the molecule is NCc1ccc(OCc2ccccc2)s1. The van der Waals surface area contributed by atoms with Gasteiger partial charge in [-0.25, -0.2) is 0 Å². The van der Waals surface area contributed by atoms with E-state index in [1.54, 1.807) is 11.3 Å². The summed E-state index contributed by atoms with van der Waals surface area (Å²) < 4.78 is 5.64. The van der Waals surface area contributed by atoms with Gasteiger partial charge in [0.25, 0.3) is 0 Å². The highest BCUT2D eigenvalue weighted by Gasteiger charge is 1.99. The maximum Gasteiger partial charge on any atom is 0.174 e. The molecule has 0 saturated heterocycles. The lowest BCUT2D eigenvalue weighted by Gasteiger charge is -2.02. The van der Waals surface area contributed by atoms with Gasteiger partial charge in [-0.1, -0.05) is 30.3 Å². The second-order valence-corrected chi connectivity index (χ2v) is 4.33. The number of hydrogen-bond acceptors (Lipinski definition) is 3. The van der Waals surface area contributed by atoms with Crippen molar-refractivity contribution in [3.63, 3.8) is 0 Å². The average Bonchev–Trinajstić information content (AvgIpc) is 2.76. The van der Waals surface area contributed by atoms with Crippen LogP contribution in [0.25, 0.3) is 0 Å². The summed E-state index contributed by atoms with van der Waals surface area (Å²) >= 11 is 1.60. The molecule has 78 valence electrons. The maximum atomic E-state index is 5.64. The van der Waals surface area contributed by atoms with Gasteiger partial charge in [-0.2, -0.15) is 0 Å². The minimum Gasteiger partial charge on any atom is -0.479 e. The van der Waals surface area contributed by atoms with E-state index in [4.69, 9.17) is 10.5 Å². The molecule has 0 aliphatic heterocycles. The molecule has 1 heterocycles. The lowest BCUT2D eigenvalue weighted by molar-refractivity contribution is 0.315. The topological polar surface area (TPSA) is 35.2 Å². The molecule has 0 aliphatic rings. The quantitative estimate of drug-likeness (QED) is 0.858. The number of ether oxygens (including phenoxy) is 1. The molecule has 0 spiro atoms. The first-order chi connectivity index (χ1) is 7.38. The molecule has 15 heavy (non-hydrogen) atoms. The summed E-state index contributed by atoms with van der Waals surface area (Å²) in [5, 5.41) is 0.930. The standard InChI is InChI=1S/C12H13NOS/c13-8-11-6-7-12(15-11)14-9-10-4-2-1-3-5-10/h1-7H,8-9,13H2. The van der Waals surface area contributed by atoms with E-state index in [9.17, 15) is 0 Å². The number of rotatable bonds is 4. The molecular formula is C12H13NOS. The van der Waals surface area contributed by atoms with Crippen molar-refractivity contribution < 1.29 is 4.74 Å². The van der Waals surface area contributed by atoms with Crippen molar-refractivity contribution in [2.45, 2.75) is 13.2 Å². The Hall–Kier alpha value is -1.32. The zero-order chi connectivity index (χ0) is 10.5. The van der Waals surface area contributed by atoms with Crippen molar-refractivity contribution in [1.29, 1.82) is 0 Å². The smallest absolute Gasteiger partial charge is 0.174 e. The summed E-state index contributed by atoms with van der Waals surface area (Å²) in [5.41, 5.74) is 6.71. The fourth-order valence-corrected chi connectivity index (χ4v) is 2.01. The average molecular weight is 219 g/mol. The number of thiophene rings is 1. The molecule has 0 fully saturated rings. The molecule has 0 bridgehead atoms. The second kappa shape index (κ2) is 4.96. The Labute approximate surface area is 93.3 Å². The summed E-state index contributed by atoms with van der Waals surface area (Å²) in [6, 6.07) is 14.1. The van der Waals surface area contributed by atoms with Crippen LogP contribution in [0.4, 0.5) is 0 Å². The summed E-state index contributed by atoms with van der Waals surface area (Å²) in [7, 11) is 0. The van der Waals surface area contributed by atoms with Crippen molar-refractivity contribution in [2.75, 3.05) is 0 Å². The third-order valence-electron chi connectivity index (χ3n) is 2.06. The Morgan fingerprint density at radius 1 is 1.07 bits per heavy atom. The predicted octanol–water partition coefficient (Wildman–Crippen LogP) is 2.79. The molecule has 1 aromatic heterocycles. The van der Waals surface area contributed by atoms with Gasteiger partial charge >= 0.3 is 0 Å². The van der Waals surface area contributed by atoms with Gasteiger partial charge in [-0.15, -0.1) is 11.3 Å². The Bertz CT molecular complexity index is 411. The van der Waals surface area contributed by atoms with Crippen LogP contribution in [0, 0.1) is 0 Å². The molecular weight excluding hydrogens is 206 g/mol. The van der Waals surface area contributed by atoms with Gasteiger partial charge in [-0.05, 0) is 17.7 Å². The van der Waals surface area contributed by atoms with Crippen molar-refractivity contribution in [3.8, 4) is 5.06 Å². The van der Waals surface area contributed by atoms with Crippen LogP contribution in [0.2, 0.25) is 0 Å². The zero-order valence-electron chi connectivity index (χ0n) is 8.35. The fraction of sp³-hybridized carbons (Fsp3) is 0.167. The van der Waals surface area contributed by atoms with Crippen LogP contribution in [0.1, 0.15) is 10.4 Å². The highest BCUT2D eigenvalue weighted by Crippen LogP contribution is 2.24. The monoisotopic (exact) mass is 219 g/mol. The number of hydrogen-bond donors (Lipinski definition) is 1. The van der Waals surface area contributed by atoms with E-state index >= 15 is 0 Å². The highest BCUT2D eigenvalue weighted by molar-refractivity contribution is 7.13. The Morgan fingerprint density at radius 3 is 2.53 bits per heavy atom. The van der Waals surface area contributed by atoms with E-state index < -0.39 is 0 Å². The van der Waals surface area contributed by atoms with Gasteiger partial charge < -0.3 is 10.5 Å². The first-order valence-corrected chi connectivity index (χ1v) is 5.65. The Balaban J connectivity index is 1.93. The molecule has 2 rings (SSSR count). The summed E-state index contributed by atoms with van der Waals surface area (Å²) in [5.74, 6) is 0. The molecule has 2 N–H and O–H groups in total. The molecule has 2 aromatic rings. The molecule has 0 atom stereocenters. The van der Waals surface area contributed by atoms with Crippen LogP contribution in [-0.2, 0) is 13.2 Å². The predicted molar refractivity (Wildman–Crippen MR) is 63.0 cm³/mol. The van der Waals surface area contributed by atoms with Gasteiger partial charge in [0.15, 0.2) is 5.06 Å². The van der Waals surface area contributed by atoms with Gasteiger partial charge in [0.1, 0.15) is 6.61 Å². The van der Waals surface area contributed by atoms with Crippen molar-refractivity contribution >= 4 is 11.3 Å². The Kier molecular flexibility index (Phi) is 3.37. The van der Waals surface area contributed by atoms with Crippen molar-refractivity contribution in [1.82, 2.24) is 0 Å². The van der Waals surface area contributed by atoms with Crippen LogP contribution < -0.4 is 10.5 Å².